The van der Waals surface area contributed by atoms with E-state index < -0.39 is 0 Å². The van der Waals surface area contributed by atoms with Crippen molar-refractivity contribution in [3.05, 3.63) is 41.1 Å². The first-order chi connectivity index (χ1) is 11.1. The lowest BCUT2D eigenvalue weighted by molar-refractivity contribution is 0.138. The van der Waals surface area contributed by atoms with E-state index >= 15 is 0 Å². The van der Waals surface area contributed by atoms with Gasteiger partial charge in [-0.1, -0.05) is 0 Å². The number of hydrogen-bond donors (Lipinski definition) is 1. The predicted molar refractivity (Wildman–Crippen MR) is 90.4 cm³/mol. The maximum Gasteiger partial charge on any atom is 0.123 e. The smallest absolute Gasteiger partial charge is 0.123 e. The minimum atomic E-state index is 0.0656. The molecule has 0 atom stereocenters. The van der Waals surface area contributed by atoms with Crippen molar-refractivity contribution >= 4 is 6.21 Å². The SMILES string of the molecule is C/C(N)=C\C=N/CN1CCC2(CC1)COc1ccc(C#N)cc12. The zero-order valence-corrected chi connectivity index (χ0v) is 13.5. The number of piperidine rings is 1. The fraction of sp³-hybridized carbons (Fsp3) is 0.444. The number of likely N-dealkylation sites (tertiary alicyclic amines) is 1. The molecule has 0 aromatic heterocycles. The molecule has 5 nitrogen and oxygen atoms in total. The molecule has 0 aliphatic carbocycles. The lowest BCUT2D eigenvalue weighted by Gasteiger charge is -2.37. The molecule has 3 rings (SSSR count). The summed E-state index contributed by atoms with van der Waals surface area (Å²) >= 11 is 0. The summed E-state index contributed by atoms with van der Waals surface area (Å²) in [7, 11) is 0. The third-order valence-corrected chi connectivity index (χ3v) is 4.72. The van der Waals surface area contributed by atoms with Crippen LogP contribution in [0.15, 0.2) is 35.0 Å². The second kappa shape index (κ2) is 6.43. The number of nitrogens with zero attached hydrogens (tertiary/aromatic N) is 3. The zero-order chi connectivity index (χ0) is 16.3. The van der Waals surface area contributed by atoms with Crippen molar-refractivity contribution in [2.45, 2.75) is 25.2 Å². The monoisotopic (exact) mass is 310 g/mol. The Bertz CT molecular complexity index is 675. The number of ether oxygens (including phenoxy) is 1. The van der Waals surface area contributed by atoms with Crippen LogP contribution in [0, 0.1) is 11.3 Å². The van der Waals surface area contributed by atoms with Crippen molar-refractivity contribution in [2.75, 3.05) is 26.4 Å². The number of allylic oxidation sites excluding steroid dienone is 2. The number of aliphatic imine (C=N–C) groups is 1. The van der Waals surface area contributed by atoms with Gasteiger partial charge in [0, 0.05) is 36.0 Å². The Morgan fingerprint density at radius 1 is 1.48 bits per heavy atom. The Morgan fingerprint density at radius 3 is 2.96 bits per heavy atom. The first kappa shape index (κ1) is 15.6. The van der Waals surface area contributed by atoms with E-state index in [1.807, 2.05) is 31.2 Å². The quantitative estimate of drug-likeness (QED) is 0.868. The average Bonchev–Trinajstić information content (AvgIpc) is 2.91. The van der Waals surface area contributed by atoms with Gasteiger partial charge in [-0.3, -0.25) is 9.89 Å². The molecule has 1 aromatic carbocycles. The Balaban J connectivity index is 1.65. The summed E-state index contributed by atoms with van der Waals surface area (Å²) in [4.78, 5) is 6.73. The molecule has 23 heavy (non-hydrogen) atoms. The molecule has 0 amide bonds. The standard InChI is InChI=1S/C18H22N4O/c1-14(20)4-7-21-13-22-8-5-18(6-9-22)12-23-17-3-2-15(11-19)10-16(17)18/h2-4,7,10H,5-6,8-9,12-13,20H2,1H3/b14-4+,21-7-. The van der Waals surface area contributed by atoms with E-state index in [9.17, 15) is 0 Å². The van der Waals surface area contributed by atoms with Crippen LogP contribution < -0.4 is 10.5 Å². The summed E-state index contributed by atoms with van der Waals surface area (Å²) < 4.78 is 5.87. The van der Waals surface area contributed by atoms with Crippen molar-refractivity contribution in [3.63, 3.8) is 0 Å². The molecular weight excluding hydrogens is 288 g/mol. The van der Waals surface area contributed by atoms with Gasteiger partial charge in [0.15, 0.2) is 0 Å². The average molecular weight is 310 g/mol. The fourth-order valence-corrected chi connectivity index (χ4v) is 3.30. The van der Waals surface area contributed by atoms with Gasteiger partial charge in [-0.2, -0.15) is 5.26 Å². The minimum absolute atomic E-state index is 0.0656. The highest BCUT2D eigenvalue weighted by Crippen LogP contribution is 2.45. The van der Waals surface area contributed by atoms with E-state index in [0.29, 0.717) is 12.2 Å². The van der Waals surface area contributed by atoms with Crippen LogP contribution in [0.5, 0.6) is 5.75 Å². The second-order valence-corrected chi connectivity index (χ2v) is 6.39. The van der Waals surface area contributed by atoms with Crippen LogP contribution in [0.4, 0.5) is 0 Å². The molecule has 1 fully saturated rings. The van der Waals surface area contributed by atoms with Crippen molar-refractivity contribution in [2.24, 2.45) is 10.7 Å². The molecule has 1 aromatic rings. The van der Waals surface area contributed by atoms with Crippen molar-refractivity contribution in [1.82, 2.24) is 4.90 Å². The molecule has 2 heterocycles. The second-order valence-electron chi connectivity index (χ2n) is 6.39. The van der Waals surface area contributed by atoms with Gasteiger partial charge in [0.2, 0.25) is 0 Å². The molecule has 2 N–H and O–H groups in total. The van der Waals surface area contributed by atoms with Gasteiger partial charge < -0.3 is 10.5 Å². The maximum atomic E-state index is 9.13. The number of hydrogen-bond acceptors (Lipinski definition) is 5. The van der Waals surface area contributed by atoms with Crippen LogP contribution in [-0.4, -0.2) is 37.5 Å². The highest BCUT2D eigenvalue weighted by molar-refractivity contribution is 5.71. The van der Waals surface area contributed by atoms with Crippen LogP contribution in [0.1, 0.15) is 30.9 Å². The molecule has 5 heteroatoms. The molecular formula is C18H22N4O. The van der Waals surface area contributed by atoms with Gasteiger partial charge >= 0.3 is 0 Å². The summed E-state index contributed by atoms with van der Waals surface area (Å²) in [6.07, 6.45) is 5.66. The Labute approximate surface area is 137 Å². The lowest BCUT2D eigenvalue weighted by Crippen LogP contribution is -2.43. The van der Waals surface area contributed by atoms with Crippen LogP contribution in [0.2, 0.25) is 0 Å². The van der Waals surface area contributed by atoms with E-state index in [0.717, 1.165) is 44.0 Å². The molecule has 0 radical (unpaired) electrons. The largest absolute Gasteiger partial charge is 0.492 e. The summed E-state index contributed by atoms with van der Waals surface area (Å²) in [6.45, 7) is 5.25. The molecule has 120 valence electrons. The van der Waals surface area contributed by atoms with E-state index in [1.54, 1.807) is 6.21 Å². The number of benzene rings is 1. The molecule has 1 saturated heterocycles. The molecule has 2 aliphatic heterocycles. The molecule has 0 unspecified atom stereocenters. The van der Waals surface area contributed by atoms with Crippen molar-refractivity contribution in [3.8, 4) is 11.8 Å². The number of rotatable bonds is 3. The Morgan fingerprint density at radius 2 is 2.26 bits per heavy atom. The number of nitriles is 1. The van der Waals surface area contributed by atoms with Crippen LogP contribution in [0.25, 0.3) is 0 Å². The van der Waals surface area contributed by atoms with Crippen LogP contribution in [0.3, 0.4) is 0 Å². The van der Waals surface area contributed by atoms with E-state index in [1.165, 1.54) is 5.56 Å². The molecule has 2 aliphatic rings. The minimum Gasteiger partial charge on any atom is -0.492 e. The number of nitrogens with two attached hydrogens (primary N) is 1. The summed E-state index contributed by atoms with van der Waals surface area (Å²) in [5.74, 6) is 0.944. The third-order valence-electron chi connectivity index (χ3n) is 4.72. The van der Waals surface area contributed by atoms with Crippen LogP contribution >= 0.6 is 0 Å². The van der Waals surface area contributed by atoms with Gasteiger partial charge in [0.05, 0.1) is 24.9 Å². The van der Waals surface area contributed by atoms with Crippen molar-refractivity contribution < 1.29 is 4.74 Å². The summed E-state index contributed by atoms with van der Waals surface area (Å²) in [5, 5.41) is 9.13. The first-order valence-electron chi connectivity index (χ1n) is 7.95. The van der Waals surface area contributed by atoms with E-state index in [2.05, 4.69) is 16.0 Å². The first-order valence-corrected chi connectivity index (χ1v) is 7.95. The van der Waals surface area contributed by atoms with Crippen molar-refractivity contribution in [1.29, 1.82) is 5.26 Å². The Kier molecular flexibility index (Phi) is 4.35. The molecule has 0 bridgehead atoms. The Hall–Kier alpha value is -2.32. The maximum absolute atomic E-state index is 9.13. The highest BCUT2D eigenvalue weighted by Gasteiger charge is 2.43. The van der Waals surface area contributed by atoms with Gasteiger partial charge in [-0.05, 0) is 44.0 Å². The van der Waals surface area contributed by atoms with Gasteiger partial charge in [-0.25, -0.2) is 0 Å². The van der Waals surface area contributed by atoms with Gasteiger partial charge in [-0.15, -0.1) is 0 Å². The molecule has 1 spiro atoms. The normalized spacial score (nSPS) is 20.4. The third kappa shape index (κ3) is 3.22. The van der Waals surface area contributed by atoms with E-state index in [-0.39, 0.29) is 5.41 Å². The molecule has 0 saturated carbocycles. The lowest BCUT2D eigenvalue weighted by atomic mass is 9.74. The fourth-order valence-electron chi connectivity index (χ4n) is 3.30. The highest BCUT2D eigenvalue weighted by atomic mass is 16.5. The zero-order valence-electron chi connectivity index (χ0n) is 13.5. The summed E-state index contributed by atoms with van der Waals surface area (Å²) in [6, 6.07) is 7.99. The number of fused-ring (bicyclic) bond motifs is 2. The van der Waals surface area contributed by atoms with E-state index in [4.69, 9.17) is 15.7 Å². The summed E-state index contributed by atoms with van der Waals surface area (Å²) in [5.41, 5.74) is 8.33. The van der Waals surface area contributed by atoms with Gasteiger partial charge in [0.25, 0.3) is 0 Å². The topological polar surface area (TPSA) is 74.6 Å². The van der Waals surface area contributed by atoms with Gasteiger partial charge in [0.1, 0.15) is 5.75 Å². The van der Waals surface area contributed by atoms with Crippen LogP contribution in [-0.2, 0) is 5.41 Å². The predicted octanol–water partition coefficient (Wildman–Crippen LogP) is 2.18.